The first kappa shape index (κ1) is 33.9. The van der Waals surface area contributed by atoms with Gasteiger partial charge in [-0.15, -0.1) is 0 Å². The molecule has 0 N–H and O–H groups in total. The molecule has 0 radical (unpaired) electrons. The van der Waals surface area contributed by atoms with Gasteiger partial charge in [0.2, 0.25) is 0 Å². The normalized spacial score (nSPS) is 11.8. The Morgan fingerprint density at radius 1 is 0.310 bits per heavy atom. The van der Waals surface area contributed by atoms with Gasteiger partial charge in [0.1, 0.15) is 22.3 Å². The standard InChI is InChI=1S/C54H37NO2Si/c1-5-16-40(17-6-1)55(48-25-15-27-50-52(48)53-51(56-50)37-36-47-46-24-13-14-26-49(46)57-54(47)53)41-32-28-38(29-33-41)39-30-34-45(35-31-39)58(42-18-7-2-8-19-42,43-20-9-3-10-21-43)44-22-11-4-12-23-44/h1-37H. The number of hydrogen-bond donors (Lipinski definition) is 0. The number of hydrogen-bond acceptors (Lipinski definition) is 3. The highest BCUT2D eigenvalue weighted by Crippen LogP contribution is 2.46. The molecule has 0 unspecified atom stereocenters. The Morgan fingerprint density at radius 2 is 0.793 bits per heavy atom. The van der Waals surface area contributed by atoms with Crippen molar-refractivity contribution in [2.45, 2.75) is 0 Å². The summed E-state index contributed by atoms with van der Waals surface area (Å²) in [5.74, 6) is 0. The van der Waals surface area contributed by atoms with Crippen LogP contribution in [0.5, 0.6) is 0 Å². The van der Waals surface area contributed by atoms with Gasteiger partial charge in [-0.05, 0) is 86.5 Å². The molecule has 0 saturated carbocycles. The van der Waals surface area contributed by atoms with Crippen LogP contribution in [0, 0.1) is 0 Å². The predicted molar refractivity (Wildman–Crippen MR) is 245 cm³/mol. The number of furan rings is 2. The maximum Gasteiger partial charge on any atom is 0.179 e. The molecule has 0 aliphatic heterocycles. The van der Waals surface area contributed by atoms with E-state index >= 15 is 0 Å². The summed E-state index contributed by atoms with van der Waals surface area (Å²) >= 11 is 0. The fourth-order valence-electron chi connectivity index (χ4n) is 9.04. The van der Waals surface area contributed by atoms with Crippen molar-refractivity contribution in [1.29, 1.82) is 0 Å². The minimum atomic E-state index is -2.61. The van der Waals surface area contributed by atoms with Crippen molar-refractivity contribution in [3.05, 3.63) is 224 Å². The Morgan fingerprint density at radius 3 is 1.41 bits per heavy atom. The van der Waals surface area contributed by atoms with E-state index < -0.39 is 8.07 Å². The van der Waals surface area contributed by atoms with E-state index in [1.54, 1.807) is 0 Å². The second kappa shape index (κ2) is 14.0. The molecule has 0 aliphatic rings. The first-order chi connectivity index (χ1) is 28.8. The lowest BCUT2D eigenvalue weighted by Gasteiger charge is -2.34. The average molecular weight is 760 g/mol. The SMILES string of the molecule is c1ccc(N(c2ccc(-c3ccc([Si](c4ccccc4)(c4ccccc4)c4ccccc4)cc3)cc2)c2cccc3oc4ccc5c6ccccc6oc5c4c23)cc1. The monoisotopic (exact) mass is 759 g/mol. The number of benzene rings is 9. The molecule has 0 atom stereocenters. The van der Waals surface area contributed by atoms with Crippen LogP contribution in [0.1, 0.15) is 0 Å². The molecule has 0 saturated heterocycles. The third kappa shape index (κ3) is 5.41. The summed E-state index contributed by atoms with van der Waals surface area (Å²) in [6.07, 6.45) is 0. The van der Waals surface area contributed by atoms with E-state index in [0.717, 1.165) is 66.5 Å². The molecular weight excluding hydrogens is 723 g/mol. The Balaban J connectivity index is 1.03. The molecule has 58 heavy (non-hydrogen) atoms. The van der Waals surface area contributed by atoms with Gasteiger partial charge in [0.25, 0.3) is 0 Å². The fourth-order valence-corrected chi connectivity index (χ4v) is 13.8. The van der Waals surface area contributed by atoms with Crippen molar-refractivity contribution < 1.29 is 8.83 Å². The van der Waals surface area contributed by atoms with E-state index in [2.05, 4.69) is 211 Å². The van der Waals surface area contributed by atoms with Gasteiger partial charge >= 0.3 is 0 Å². The van der Waals surface area contributed by atoms with Crippen LogP contribution < -0.4 is 25.6 Å². The van der Waals surface area contributed by atoms with E-state index in [9.17, 15) is 0 Å². The van der Waals surface area contributed by atoms with Gasteiger partial charge in [-0.25, -0.2) is 0 Å². The number of fused-ring (bicyclic) bond motifs is 7. The van der Waals surface area contributed by atoms with Crippen molar-refractivity contribution in [3.8, 4) is 11.1 Å². The average Bonchev–Trinajstić information content (AvgIpc) is 3.88. The summed E-state index contributed by atoms with van der Waals surface area (Å²) in [5, 5.41) is 9.64. The Labute approximate surface area is 337 Å². The topological polar surface area (TPSA) is 29.5 Å². The highest BCUT2D eigenvalue weighted by atomic mass is 28.3. The van der Waals surface area contributed by atoms with Gasteiger partial charge in [-0.1, -0.05) is 170 Å². The lowest BCUT2D eigenvalue weighted by molar-refractivity contribution is 0.663. The minimum Gasteiger partial charge on any atom is -0.456 e. The van der Waals surface area contributed by atoms with E-state index in [1.807, 2.05) is 18.2 Å². The van der Waals surface area contributed by atoms with Gasteiger partial charge in [-0.3, -0.25) is 0 Å². The summed E-state index contributed by atoms with van der Waals surface area (Å²) < 4.78 is 13.1. The van der Waals surface area contributed by atoms with Crippen LogP contribution in [0.15, 0.2) is 233 Å². The highest BCUT2D eigenvalue weighted by molar-refractivity contribution is 7.19. The van der Waals surface area contributed by atoms with Gasteiger partial charge in [0.15, 0.2) is 8.07 Å². The molecule has 4 heteroatoms. The Bertz CT molecular complexity index is 3100. The summed E-state index contributed by atoms with van der Waals surface area (Å²) in [6.45, 7) is 0. The molecule has 11 aromatic rings. The smallest absolute Gasteiger partial charge is 0.179 e. The van der Waals surface area contributed by atoms with Crippen molar-refractivity contribution in [1.82, 2.24) is 0 Å². The summed E-state index contributed by atoms with van der Waals surface area (Å²) in [4.78, 5) is 2.32. The maximum absolute atomic E-state index is 6.57. The quantitative estimate of drug-likeness (QED) is 0.114. The third-order valence-corrected chi connectivity index (χ3v) is 16.4. The lowest BCUT2D eigenvalue weighted by atomic mass is 10.0. The minimum absolute atomic E-state index is 0.805. The van der Waals surface area contributed by atoms with Crippen molar-refractivity contribution >= 4 is 89.8 Å². The number of rotatable bonds is 8. The van der Waals surface area contributed by atoms with E-state index in [1.165, 1.54) is 26.3 Å². The zero-order valence-electron chi connectivity index (χ0n) is 31.6. The van der Waals surface area contributed by atoms with Gasteiger partial charge in [-0.2, -0.15) is 0 Å². The number of nitrogens with zero attached hydrogens (tertiary/aromatic N) is 1. The zero-order chi connectivity index (χ0) is 38.5. The summed E-state index contributed by atoms with van der Waals surface area (Å²) in [5.41, 5.74) is 8.80. The lowest BCUT2D eigenvalue weighted by Crippen LogP contribution is -2.74. The number of anilines is 3. The molecule has 0 bridgehead atoms. The first-order valence-electron chi connectivity index (χ1n) is 19.8. The third-order valence-electron chi connectivity index (χ3n) is 11.6. The molecule has 2 aromatic heterocycles. The molecule has 0 fully saturated rings. The summed E-state index contributed by atoms with van der Waals surface area (Å²) in [7, 11) is -2.61. The van der Waals surface area contributed by atoms with Crippen LogP contribution in [0.4, 0.5) is 17.1 Å². The Kier molecular flexibility index (Phi) is 8.16. The van der Waals surface area contributed by atoms with Crippen LogP contribution in [-0.4, -0.2) is 8.07 Å². The second-order valence-electron chi connectivity index (χ2n) is 14.8. The van der Waals surface area contributed by atoms with Gasteiger partial charge in [0.05, 0.1) is 16.5 Å². The van der Waals surface area contributed by atoms with E-state index in [-0.39, 0.29) is 0 Å². The second-order valence-corrected chi connectivity index (χ2v) is 18.6. The zero-order valence-corrected chi connectivity index (χ0v) is 32.6. The van der Waals surface area contributed by atoms with Crippen LogP contribution in [-0.2, 0) is 0 Å². The molecule has 9 aromatic carbocycles. The van der Waals surface area contributed by atoms with Crippen LogP contribution in [0.25, 0.3) is 55.0 Å². The van der Waals surface area contributed by atoms with Crippen LogP contribution in [0.2, 0.25) is 0 Å². The Hall–Kier alpha value is -7.40. The van der Waals surface area contributed by atoms with Gasteiger partial charge < -0.3 is 13.7 Å². The summed E-state index contributed by atoms with van der Waals surface area (Å²) in [6, 6.07) is 80.8. The fraction of sp³-hybridized carbons (Fsp3) is 0. The molecule has 0 amide bonds. The maximum atomic E-state index is 6.57. The largest absolute Gasteiger partial charge is 0.456 e. The van der Waals surface area contributed by atoms with E-state index in [0.29, 0.717) is 0 Å². The van der Waals surface area contributed by atoms with Crippen LogP contribution >= 0.6 is 0 Å². The predicted octanol–water partition coefficient (Wildman–Crippen LogP) is 12.0. The highest BCUT2D eigenvalue weighted by Gasteiger charge is 2.41. The molecule has 11 rings (SSSR count). The van der Waals surface area contributed by atoms with Crippen LogP contribution in [0.3, 0.4) is 0 Å². The van der Waals surface area contributed by atoms with E-state index in [4.69, 9.17) is 8.83 Å². The molecule has 0 aliphatic carbocycles. The van der Waals surface area contributed by atoms with Crippen molar-refractivity contribution in [2.24, 2.45) is 0 Å². The number of para-hydroxylation sites is 2. The van der Waals surface area contributed by atoms with Crippen molar-refractivity contribution in [2.75, 3.05) is 4.90 Å². The van der Waals surface area contributed by atoms with Crippen molar-refractivity contribution in [3.63, 3.8) is 0 Å². The molecule has 3 nitrogen and oxygen atoms in total. The molecule has 2 heterocycles. The molecular formula is C54H37NO2Si. The van der Waals surface area contributed by atoms with Gasteiger partial charge in [0, 0.05) is 22.1 Å². The molecule has 274 valence electrons. The molecule has 0 spiro atoms. The first-order valence-corrected chi connectivity index (χ1v) is 21.8.